The number of carbonyl (C=O) groups is 2. The molecular formula is C20H28F2N4O2. The van der Waals surface area contributed by atoms with Crippen LogP contribution in [0.5, 0.6) is 0 Å². The Hall–Kier alpha value is -2.06. The number of nitrogens with zero attached hydrogens (tertiary/aromatic N) is 2. The maximum Gasteiger partial charge on any atom is 0.256 e. The first-order chi connectivity index (χ1) is 13.5. The van der Waals surface area contributed by atoms with Crippen LogP contribution in [0, 0.1) is 17.6 Å². The highest BCUT2D eigenvalue weighted by Crippen LogP contribution is 2.20. The summed E-state index contributed by atoms with van der Waals surface area (Å²) < 4.78 is 26.8. The maximum absolute atomic E-state index is 13.8. The average molecular weight is 394 g/mol. The third kappa shape index (κ3) is 5.48. The van der Waals surface area contributed by atoms with E-state index in [1.54, 1.807) is 0 Å². The first-order valence-corrected chi connectivity index (χ1v) is 9.99. The molecule has 2 fully saturated rings. The van der Waals surface area contributed by atoms with Crippen molar-refractivity contribution in [1.29, 1.82) is 0 Å². The molecule has 0 aliphatic carbocycles. The minimum absolute atomic E-state index is 0.0281. The van der Waals surface area contributed by atoms with Gasteiger partial charge in [0, 0.05) is 57.8 Å². The van der Waals surface area contributed by atoms with Gasteiger partial charge in [0.05, 0.1) is 5.56 Å². The summed E-state index contributed by atoms with van der Waals surface area (Å²) in [5.74, 6) is -2.11. The number of piperazine rings is 1. The molecule has 2 aliphatic heterocycles. The molecule has 0 atom stereocenters. The Bertz CT molecular complexity index is 687. The summed E-state index contributed by atoms with van der Waals surface area (Å²) in [6.45, 7) is 6.57. The van der Waals surface area contributed by atoms with Gasteiger partial charge in [0.15, 0.2) is 0 Å². The molecular weight excluding hydrogens is 366 g/mol. The summed E-state index contributed by atoms with van der Waals surface area (Å²) in [6.07, 6.45) is 2.03. The van der Waals surface area contributed by atoms with Crippen molar-refractivity contribution in [2.45, 2.75) is 19.3 Å². The van der Waals surface area contributed by atoms with Crippen LogP contribution in [-0.2, 0) is 4.79 Å². The summed E-state index contributed by atoms with van der Waals surface area (Å²) >= 11 is 0. The first kappa shape index (κ1) is 20.7. The topological polar surface area (TPSA) is 64.7 Å². The Morgan fingerprint density at radius 1 is 1.11 bits per heavy atom. The van der Waals surface area contributed by atoms with Crippen molar-refractivity contribution >= 4 is 11.8 Å². The second-order valence-corrected chi connectivity index (χ2v) is 7.43. The summed E-state index contributed by atoms with van der Waals surface area (Å²) in [5.41, 5.74) is -0.128. The van der Waals surface area contributed by atoms with Crippen molar-refractivity contribution in [1.82, 2.24) is 20.4 Å². The van der Waals surface area contributed by atoms with Crippen molar-refractivity contribution in [3.8, 4) is 0 Å². The summed E-state index contributed by atoms with van der Waals surface area (Å²) in [6, 6.07) is 2.97. The molecule has 0 radical (unpaired) electrons. The molecule has 1 aromatic rings. The lowest BCUT2D eigenvalue weighted by molar-refractivity contribution is -0.126. The average Bonchev–Trinajstić information content (AvgIpc) is 2.71. The Balaban J connectivity index is 1.38. The zero-order chi connectivity index (χ0) is 19.9. The van der Waals surface area contributed by atoms with Gasteiger partial charge in [-0.2, -0.15) is 0 Å². The highest BCUT2D eigenvalue weighted by molar-refractivity contribution is 5.94. The Kier molecular flexibility index (Phi) is 7.33. The highest BCUT2D eigenvalue weighted by Gasteiger charge is 2.28. The molecule has 8 heteroatoms. The minimum atomic E-state index is -0.852. The van der Waals surface area contributed by atoms with Crippen molar-refractivity contribution in [2.75, 3.05) is 52.4 Å². The van der Waals surface area contributed by atoms with Gasteiger partial charge in [-0.3, -0.25) is 9.59 Å². The molecule has 2 amide bonds. The molecule has 2 N–H and O–H groups in total. The summed E-state index contributed by atoms with van der Waals surface area (Å²) in [7, 11) is 0. The lowest BCUT2D eigenvalue weighted by Gasteiger charge is -2.31. The molecule has 2 heterocycles. The zero-order valence-electron chi connectivity index (χ0n) is 16.1. The fraction of sp³-hybridized carbons (Fsp3) is 0.600. The number of amides is 2. The number of rotatable bonds is 6. The minimum Gasteiger partial charge on any atom is -0.356 e. The van der Waals surface area contributed by atoms with E-state index in [2.05, 4.69) is 15.5 Å². The van der Waals surface area contributed by atoms with E-state index in [1.165, 1.54) is 11.0 Å². The van der Waals surface area contributed by atoms with E-state index >= 15 is 0 Å². The van der Waals surface area contributed by atoms with Crippen LogP contribution in [0.3, 0.4) is 0 Å². The molecule has 154 valence electrons. The van der Waals surface area contributed by atoms with E-state index in [4.69, 9.17) is 0 Å². The summed E-state index contributed by atoms with van der Waals surface area (Å²) in [5, 5.41) is 6.31. The van der Waals surface area contributed by atoms with Crippen molar-refractivity contribution in [3.63, 3.8) is 0 Å². The van der Waals surface area contributed by atoms with Gasteiger partial charge in [-0.15, -0.1) is 0 Å². The number of hydrogen-bond donors (Lipinski definition) is 2. The van der Waals surface area contributed by atoms with Crippen LogP contribution in [0.4, 0.5) is 8.78 Å². The molecule has 2 saturated heterocycles. The first-order valence-electron chi connectivity index (χ1n) is 9.99. The second kappa shape index (κ2) is 9.93. The van der Waals surface area contributed by atoms with Gasteiger partial charge in [0.2, 0.25) is 5.91 Å². The van der Waals surface area contributed by atoms with Crippen LogP contribution in [0.15, 0.2) is 18.2 Å². The fourth-order valence-corrected chi connectivity index (χ4v) is 3.77. The fourth-order valence-electron chi connectivity index (χ4n) is 3.77. The number of halogens is 2. The number of piperidine rings is 1. The third-order valence-corrected chi connectivity index (χ3v) is 5.47. The Morgan fingerprint density at radius 3 is 2.50 bits per heavy atom. The van der Waals surface area contributed by atoms with Crippen molar-refractivity contribution < 1.29 is 18.4 Å². The lowest BCUT2D eigenvalue weighted by atomic mass is 9.95. The molecule has 2 aliphatic rings. The van der Waals surface area contributed by atoms with Crippen molar-refractivity contribution in [3.05, 3.63) is 35.4 Å². The normalized spacial score (nSPS) is 18.9. The number of carbonyl (C=O) groups excluding carboxylic acids is 2. The van der Waals surface area contributed by atoms with Crippen LogP contribution < -0.4 is 10.6 Å². The molecule has 1 aromatic carbocycles. The molecule has 28 heavy (non-hydrogen) atoms. The van der Waals surface area contributed by atoms with Gasteiger partial charge in [0.1, 0.15) is 11.6 Å². The van der Waals surface area contributed by atoms with E-state index in [9.17, 15) is 18.4 Å². The maximum atomic E-state index is 13.8. The monoisotopic (exact) mass is 394 g/mol. The van der Waals surface area contributed by atoms with Crippen LogP contribution >= 0.6 is 0 Å². The smallest absolute Gasteiger partial charge is 0.256 e. The largest absolute Gasteiger partial charge is 0.356 e. The molecule has 6 nitrogen and oxygen atoms in total. The molecule has 3 rings (SSSR count). The van der Waals surface area contributed by atoms with Gasteiger partial charge in [-0.1, -0.05) is 0 Å². The van der Waals surface area contributed by atoms with Crippen LogP contribution in [0.1, 0.15) is 29.6 Å². The summed E-state index contributed by atoms with van der Waals surface area (Å²) in [4.78, 5) is 28.7. The van der Waals surface area contributed by atoms with Crippen molar-refractivity contribution in [2.24, 2.45) is 5.92 Å². The Morgan fingerprint density at radius 2 is 1.82 bits per heavy atom. The van der Waals surface area contributed by atoms with Gasteiger partial charge in [-0.25, -0.2) is 8.78 Å². The van der Waals surface area contributed by atoms with E-state index in [0.29, 0.717) is 38.5 Å². The molecule has 0 aromatic heterocycles. The van der Waals surface area contributed by atoms with Crippen LogP contribution in [0.2, 0.25) is 0 Å². The van der Waals surface area contributed by atoms with E-state index in [0.717, 1.165) is 45.2 Å². The van der Waals surface area contributed by atoms with E-state index < -0.39 is 17.5 Å². The third-order valence-electron chi connectivity index (χ3n) is 5.47. The second-order valence-electron chi connectivity index (χ2n) is 7.43. The SMILES string of the molecule is O=C(NCCCN1CCNCC1)C1CCN(C(=O)c2ccc(F)cc2F)CC1. The van der Waals surface area contributed by atoms with Crippen LogP contribution in [0.25, 0.3) is 0 Å². The number of nitrogens with one attached hydrogen (secondary N) is 2. The van der Waals surface area contributed by atoms with Gasteiger partial charge < -0.3 is 20.4 Å². The molecule has 0 saturated carbocycles. The predicted molar refractivity (Wildman–Crippen MR) is 102 cm³/mol. The number of benzene rings is 1. The van der Waals surface area contributed by atoms with Gasteiger partial charge in [-0.05, 0) is 37.9 Å². The lowest BCUT2D eigenvalue weighted by Crippen LogP contribution is -2.45. The highest BCUT2D eigenvalue weighted by atomic mass is 19.1. The Labute approximate surface area is 164 Å². The number of likely N-dealkylation sites (tertiary alicyclic amines) is 1. The van der Waals surface area contributed by atoms with E-state index in [-0.39, 0.29) is 17.4 Å². The van der Waals surface area contributed by atoms with E-state index in [1.807, 2.05) is 0 Å². The zero-order valence-corrected chi connectivity index (χ0v) is 16.1. The molecule has 0 spiro atoms. The van der Waals surface area contributed by atoms with Gasteiger partial charge in [0.25, 0.3) is 5.91 Å². The van der Waals surface area contributed by atoms with Gasteiger partial charge >= 0.3 is 0 Å². The standard InChI is InChI=1S/C20H28F2N4O2/c21-16-2-3-17(18(22)14-16)20(28)26-10-4-15(5-11-26)19(27)24-6-1-9-25-12-7-23-8-13-25/h2-3,14-15,23H,1,4-13H2,(H,24,27). The molecule has 0 bridgehead atoms. The number of hydrogen-bond acceptors (Lipinski definition) is 4. The quantitative estimate of drug-likeness (QED) is 0.713. The molecule has 0 unspecified atom stereocenters. The predicted octanol–water partition coefficient (Wildman–Crippen LogP) is 1.23. The van der Waals surface area contributed by atoms with Crippen LogP contribution in [-0.4, -0.2) is 74.0 Å².